The van der Waals surface area contributed by atoms with E-state index < -0.39 is 17.8 Å². The zero-order chi connectivity index (χ0) is 24.1. The summed E-state index contributed by atoms with van der Waals surface area (Å²) in [4.78, 5) is 10.6. The molecule has 3 aromatic rings. The SMILES string of the molecule is O=C(O)COCC1CCC(Cn2nc(-c3ccccc3)c(-c3ccccc3)c2C(F)(F)F)CC1. The number of carbonyl (C=O) groups is 1. The molecule has 1 aromatic heterocycles. The third kappa shape index (κ3) is 5.67. The van der Waals surface area contributed by atoms with Crippen LogP contribution in [0.5, 0.6) is 0 Å². The Hall–Kier alpha value is -3.13. The Kier molecular flexibility index (Phi) is 7.36. The summed E-state index contributed by atoms with van der Waals surface area (Å²) >= 11 is 0. The summed E-state index contributed by atoms with van der Waals surface area (Å²) in [5.41, 5.74) is 0.846. The van der Waals surface area contributed by atoms with E-state index in [9.17, 15) is 18.0 Å². The van der Waals surface area contributed by atoms with Gasteiger partial charge in [0.1, 0.15) is 12.3 Å². The highest BCUT2D eigenvalue weighted by atomic mass is 19.4. The molecule has 0 aliphatic heterocycles. The molecule has 180 valence electrons. The quantitative estimate of drug-likeness (QED) is 0.428. The number of ether oxygens (including phenoxy) is 1. The number of carboxylic acid groups (broad SMARTS) is 1. The summed E-state index contributed by atoms with van der Waals surface area (Å²) in [6.07, 6.45) is -1.47. The first-order valence-corrected chi connectivity index (χ1v) is 11.4. The summed E-state index contributed by atoms with van der Waals surface area (Å²) in [6.45, 7) is 0.224. The van der Waals surface area contributed by atoms with Gasteiger partial charge >= 0.3 is 12.1 Å². The van der Waals surface area contributed by atoms with Crippen LogP contribution in [0.3, 0.4) is 0 Å². The van der Waals surface area contributed by atoms with Crippen molar-refractivity contribution in [3.8, 4) is 22.4 Å². The predicted molar refractivity (Wildman–Crippen MR) is 122 cm³/mol. The second-order valence-electron chi connectivity index (χ2n) is 8.78. The van der Waals surface area contributed by atoms with Crippen LogP contribution in [-0.2, 0) is 22.3 Å². The van der Waals surface area contributed by atoms with Crippen LogP contribution in [0.15, 0.2) is 60.7 Å². The molecular formula is C26H27F3N2O3. The lowest BCUT2D eigenvalue weighted by molar-refractivity contribution is -0.144. The van der Waals surface area contributed by atoms with E-state index in [1.54, 1.807) is 54.6 Å². The number of aliphatic carboxylic acids is 1. The zero-order valence-corrected chi connectivity index (χ0v) is 18.7. The number of halogens is 3. The fraction of sp³-hybridized carbons (Fsp3) is 0.385. The topological polar surface area (TPSA) is 64.3 Å². The summed E-state index contributed by atoms with van der Waals surface area (Å²) in [6, 6.07) is 17.6. The first kappa shape index (κ1) is 24.0. The third-order valence-electron chi connectivity index (χ3n) is 6.31. The molecule has 0 saturated heterocycles. The van der Waals surface area contributed by atoms with Crippen LogP contribution in [0, 0.1) is 11.8 Å². The fourth-order valence-corrected chi connectivity index (χ4v) is 4.70. The first-order valence-electron chi connectivity index (χ1n) is 11.4. The lowest BCUT2D eigenvalue weighted by Gasteiger charge is -2.28. The van der Waals surface area contributed by atoms with E-state index in [-0.39, 0.29) is 30.6 Å². The second kappa shape index (κ2) is 10.4. The Balaban J connectivity index is 1.62. The van der Waals surface area contributed by atoms with Crippen molar-refractivity contribution in [2.45, 2.75) is 38.4 Å². The van der Waals surface area contributed by atoms with Crippen molar-refractivity contribution >= 4 is 5.97 Å². The second-order valence-corrected chi connectivity index (χ2v) is 8.78. The number of nitrogens with zero attached hydrogens (tertiary/aromatic N) is 2. The molecule has 0 bridgehead atoms. The highest BCUT2D eigenvalue weighted by molar-refractivity contribution is 5.83. The molecule has 0 atom stereocenters. The van der Waals surface area contributed by atoms with Gasteiger partial charge in [0.2, 0.25) is 0 Å². The number of aromatic nitrogens is 2. The van der Waals surface area contributed by atoms with Crippen molar-refractivity contribution in [3.63, 3.8) is 0 Å². The monoisotopic (exact) mass is 472 g/mol. The maximum Gasteiger partial charge on any atom is 0.433 e. The molecule has 5 nitrogen and oxygen atoms in total. The van der Waals surface area contributed by atoms with Gasteiger partial charge in [0.15, 0.2) is 5.69 Å². The number of benzene rings is 2. The molecular weight excluding hydrogens is 445 g/mol. The number of hydrogen-bond donors (Lipinski definition) is 1. The first-order chi connectivity index (χ1) is 16.3. The van der Waals surface area contributed by atoms with Crippen LogP contribution in [-0.4, -0.2) is 34.1 Å². The molecule has 0 amide bonds. The lowest BCUT2D eigenvalue weighted by atomic mass is 9.82. The van der Waals surface area contributed by atoms with Crippen LogP contribution in [0.4, 0.5) is 13.2 Å². The maximum atomic E-state index is 14.4. The Labute approximate surface area is 196 Å². The zero-order valence-electron chi connectivity index (χ0n) is 18.7. The van der Waals surface area contributed by atoms with Crippen molar-refractivity contribution in [1.82, 2.24) is 9.78 Å². The fourth-order valence-electron chi connectivity index (χ4n) is 4.70. The van der Waals surface area contributed by atoms with Gasteiger partial charge in [0, 0.05) is 17.7 Å². The molecule has 34 heavy (non-hydrogen) atoms. The van der Waals surface area contributed by atoms with Crippen LogP contribution >= 0.6 is 0 Å². The molecule has 2 aromatic carbocycles. The van der Waals surface area contributed by atoms with Crippen molar-refractivity contribution in [3.05, 3.63) is 66.4 Å². The van der Waals surface area contributed by atoms with E-state index >= 15 is 0 Å². The van der Waals surface area contributed by atoms with Gasteiger partial charge in [-0.3, -0.25) is 4.68 Å². The summed E-state index contributed by atoms with van der Waals surface area (Å²) in [5, 5.41) is 13.2. The number of alkyl halides is 3. The smallest absolute Gasteiger partial charge is 0.433 e. The molecule has 0 unspecified atom stereocenters. The van der Waals surface area contributed by atoms with E-state index in [4.69, 9.17) is 9.84 Å². The largest absolute Gasteiger partial charge is 0.480 e. The Morgan fingerprint density at radius 2 is 1.50 bits per heavy atom. The van der Waals surface area contributed by atoms with Crippen LogP contribution < -0.4 is 0 Å². The number of rotatable bonds is 8. The Morgan fingerprint density at radius 1 is 0.941 bits per heavy atom. The summed E-state index contributed by atoms with van der Waals surface area (Å²) in [7, 11) is 0. The van der Waals surface area contributed by atoms with Gasteiger partial charge in [-0.1, -0.05) is 60.7 Å². The average Bonchev–Trinajstić information content (AvgIpc) is 3.21. The van der Waals surface area contributed by atoms with E-state index in [1.165, 1.54) is 0 Å². The number of hydrogen-bond acceptors (Lipinski definition) is 3. The van der Waals surface area contributed by atoms with E-state index in [2.05, 4.69) is 5.10 Å². The summed E-state index contributed by atoms with van der Waals surface area (Å²) in [5.74, 6) is -0.713. The Morgan fingerprint density at radius 3 is 2.06 bits per heavy atom. The number of carboxylic acids is 1. The molecule has 0 spiro atoms. The van der Waals surface area contributed by atoms with Crippen LogP contribution in [0.1, 0.15) is 31.4 Å². The minimum Gasteiger partial charge on any atom is -0.480 e. The van der Waals surface area contributed by atoms with Crippen molar-refractivity contribution in [2.75, 3.05) is 13.2 Å². The van der Waals surface area contributed by atoms with Crippen LogP contribution in [0.2, 0.25) is 0 Å². The van der Waals surface area contributed by atoms with Crippen molar-refractivity contribution in [1.29, 1.82) is 0 Å². The van der Waals surface area contributed by atoms with Gasteiger partial charge < -0.3 is 9.84 Å². The molecule has 4 rings (SSSR count). The molecule has 0 radical (unpaired) electrons. The van der Waals surface area contributed by atoms with Crippen molar-refractivity contribution in [2.24, 2.45) is 11.8 Å². The van der Waals surface area contributed by atoms with E-state index in [1.807, 2.05) is 6.07 Å². The third-order valence-corrected chi connectivity index (χ3v) is 6.31. The minimum absolute atomic E-state index is 0.0592. The molecule has 1 saturated carbocycles. The summed E-state index contributed by atoms with van der Waals surface area (Å²) < 4.78 is 49.6. The van der Waals surface area contributed by atoms with Crippen molar-refractivity contribution < 1.29 is 27.8 Å². The lowest BCUT2D eigenvalue weighted by Crippen LogP contribution is -2.25. The van der Waals surface area contributed by atoms with Gasteiger partial charge in [-0.2, -0.15) is 18.3 Å². The van der Waals surface area contributed by atoms with Gasteiger partial charge in [-0.25, -0.2) is 4.79 Å². The van der Waals surface area contributed by atoms with Gasteiger partial charge in [0.25, 0.3) is 0 Å². The average molecular weight is 473 g/mol. The Bertz CT molecular complexity index is 1090. The standard InChI is InChI=1S/C26H27F3N2O3/c27-26(28,29)25-23(20-7-3-1-4-8-20)24(21-9-5-2-6-10-21)30-31(25)15-18-11-13-19(14-12-18)16-34-17-22(32)33/h1-10,18-19H,11-17H2,(H,32,33). The highest BCUT2D eigenvalue weighted by Crippen LogP contribution is 2.43. The van der Waals surface area contributed by atoms with E-state index in [0.29, 0.717) is 23.4 Å². The molecule has 1 aliphatic rings. The highest BCUT2D eigenvalue weighted by Gasteiger charge is 2.41. The van der Waals surface area contributed by atoms with Gasteiger partial charge in [-0.15, -0.1) is 0 Å². The predicted octanol–water partition coefficient (Wildman–Crippen LogP) is 6.14. The van der Waals surface area contributed by atoms with E-state index in [0.717, 1.165) is 30.4 Å². The minimum atomic E-state index is -4.56. The molecule has 8 heteroatoms. The molecule has 1 heterocycles. The maximum absolute atomic E-state index is 14.4. The van der Waals surface area contributed by atoms with Crippen LogP contribution in [0.25, 0.3) is 22.4 Å². The molecule has 1 aliphatic carbocycles. The van der Waals surface area contributed by atoms with Gasteiger partial charge in [-0.05, 0) is 43.1 Å². The molecule has 1 N–H and O–H groups in total. The van der Waals surface area contributed by atoms with Gasteiger partial charge in [0.05, 0.1) is 6.61 Å². The normalized spacial score (nSPS) is 18.7. The molecule has 1 fully saturated rings.